The van der Waals surface area contributed by atoms with Crippen LogP contribution in [0.2, 0.25) is 10.0 Å². The van der Waals surface area contributed by atoms with Crippen molar-refractivity contribution < 1.29 is 50.9 Å². The van der Waals surface area contributed by atoms with Crippen molar-refractivity contribution in [3.8, 4) is 11.3 Å². The number of aromatic nitrogens is 1. The Kier molecular flexibility index (Phi) is 9.36. The predicted molar refractivity (Wildman–Crippen MR) is 134 cm³/mol. The monoisotopic (exact) mass is 574 g/mol. The maximum Gasteiger partial charge on any atom is 1.00 e. The maximum absolute atomic E-state index is 12.5. The molecule has 0 aliphatic rings. The van der Waals surface area contributed by atoms with Crippen LogP contribution in [0.15, 0.2) is 81.9 Å². The average Bonchev–Trinajstić information content (AvgIpc) is 3.17. The molecule has 4 aromatic rings. The minimum Gasteiger partial charge on any atom is -0.748 e. The molecule has 0 aliphatic carbocycles. The molecule has 1 aromatic heterocycles. The molecular formula is C22H17Cl2N4NaO5S2. The van der Waals surface area contributed by atoms with Crippen LogP contribution >= 0.6 is 23.2 Å². The van der Waals surface area contributed by atoms with Gasteiger partial charge in [0.1, 0.15) is 16.3 Å². The van der Waals surface area contributed by atoms with Crippen LogP contribution in [0, 0.1) is 0 Å². The topological polar surface area (TPSA) is 144 Å². The van der Waals surface area contributed by atoms with E-state index in [2.05, 4.69) is 15.2 Å². The van der Waals surface area contributed by atoms with Gasteiger partial charge in [-0.05, 0) is 18.2 Å². The number of sulfonamides is 1. The van der Waals surface area contributed by atoms with E-state index in [4.69, 9.17) is 23.2 Å². The fourth-order valence-corrected chi connectivity index (χ4v) is 5.65. The number of H-pyrrole nitrogens is 1. The van der Waals surface area contributed by atoms with Crippen LogP contribution in [0.3, 0.4) is 0 Å². The number of azo groups is 1. The van der Waals surface area contributed by atoms with E-state index in [0.717, 1.165) is 28.2 Å². The van der Waals surface area contributed by atoms with Gasteiger partial charge in [0.2, 0.25) is 10.0 Å². The summed E-state index contributed by atoms with van der Waals surface area (Å²) in [5, 5.41) is 9.19. The Morgan fingerprint density at radius 1 is 0.889 bits per heavy atom. The van der Waals surface area contributed by atoms with E-state index in [1.165, 1.54) is 6.07 Å². The van der Waals surface area contributed by atoms with Crippen LogP contribution in [0.25, 0.3) is 22.2 Å². The van der Waals surface area contributed by atoms with Crippen LogP contribution in [0.1, 0.15) is 0 Å². The van der Waals surface area contributed by atoms with Crippen LogP contribution in [-0.2, 0) is 20.1 Å². The van der Waals surface area contributed by atoms with Crippen LogP contribution in [-0.4, -0.2) is 38.7 Å². The zero-order valence-electron chi connectivity index (χ0n) is 18.8. The fraction of sp³-hybridized carbons (Fsp3) is 0.0909. The summed E-state index contributed by atoms with van der Waals surface area (Å²) >= 11 is 12.4. The number of benzene rings is 3. The molecule has 1 heterocycles. The second-order valence-corrected chi connectivity index (χ2v) is 11.4. The first-order chi connectivity index (χ1) is 16.5. The van der Waals surface area contributed by atoms with Crippen molar-refractivity contribution in [3.05, 3.63) is 76.8 Å². The molecule has 0 amide bonds. The van der Waals surface area contributed by atoms with Gasteiger partial charge in [-0.15, -0.1) is 10.2 Å². The molecule has 0 bridgehead atoms. The zero-order valence-corrected chi connectivity index (χ0v) is 23.9. The van der Waals surface area contributed by atoms with Crippen molar-refractivity contribution in [2.45, 2.75) is 4.90 Å². The second-order valence-electron chi connectivity index (χ2n) is 7.35. The smallest absolute Gasteiger partial charge is 0.748 e. The Labute approximate surface area is 240 Å². The molecular weight excluding hydrogens is 558 g/mol. The van der Waals surface area contributed by atoms with E-state index < -0.39 is 32.4 Å². The number of fused-ring (bicyclic) bond motifs is 1. The quantitative estimate of drug-likeness (QED) is 0.188. The summed E-state index contributed by atoms with van der Waals surface area (Å²) in [6, 6.07) is 19.5. The number of nitrogens with zero attached hydrogens (tertiary/aromatic N) is 2. The minimum atomic E-state index is -4.59. The number of nitrogens with one attached hydrogen (secondary N) is 2. The second kappa shape index (κ2) is 11.7. The molecule has 0 aliphatic heterocycles. The van der Waals surface area contributed by atoms with Gasteiger partial charge < -0.3 is 9.54 Å². The largest absolute Gasteiger partial charge is 1.00 e. The van der Waals surface area contributed by atoms with Crippen molar-refractivity contribution in [2.75, 3.05) is 12.3 Å². The van der Waals surface area contributed by atoms with Crippen LogP contribution in [0.4, 0.5) is 11.4 Å². The fourth-order valence-electron chi connectivity index (χ4n) is 3.33. The number of hydrogen-bond acceptors (Lipinski definition) is 7. The van der Waals surface area contributed by atoms with Gasteiger partial charge in [-0.1, -0.05) is 71.7 Å². The molecule has 3 aromatic carbocycles. The molecule has 36 heavy (non-hydrogen) atoms. The number of halogens is 2. The van der Waals surface area contributed by atoms with Gasteiger partial charge in [0, 0.05) is 23.0 Å². The average molecular weight is 575 g/mol. The molecule has 0 saturated heterocycles. The summed E-state index contributed by atoms with van der Waals surface area (Å²) in [6.45, 7) is -0.605. The van der Waals surface area contributed by atoms with E-state index in [-0.39, 0.29) is 50.2 Å². The van der Waals surface area contributed by atoms with Gasteiger partial charge >= 0.3 is 29.6 Å². The van der Waals surface area contributed by atoms with Gasteiger partial charge in [0.05, 0.1) is 31.6 Å². The van der Waals surface area contributed by atoms with Crippen LogP contribution < -0.4 is 34.3 Å². The van der Waals surface area contributed by atoms with Gasteiger partial charge in [-0.2, -0.15) is 0 Å². The molecule has 0 unspecified atom stereocenters. The molecule has 14 heteroatoms. The van der Waals surface area contributed by atoms with Gasteiger partial charge in [0.25, 0.3) is 0 Å². The normalized spacial score (nSPS) is 12.2. The third-order valence-electron chi connectivity index (χ3n) is 4.93. The van der Waals surface area contributed by atoms with Gasteiger partial charge in [-0.3, -0.25) is 0 Å². The first-order valence-corrected chi connectivity index (χ1v) is 13.9. The van der Waals surface area contributed by atoms with Crippen LogP contribution in [0.5, 0.6) is 0 Å². The van der Waals surface area contributed by atoms with E-state index in [0.29, 0.717) is 5.69 Å². The summed E-state index contributed by atoms with van der Waals surface area (Å²) in [4.78, 5) is 2.95. The third kappa shape index (κ3) is 6.74. The third-order valence-corrected chi connectivity index (χ3v) is 7.87. The molecule has 182 valence electrons. The number of aromatic amines is 1. The number of para-hydroxylation sites is 1. The van der Waals surface area contributed by atoms with E-state index in [1.807, 2.05) is 59.3 Å². The summed E-state index contributed by atoms with van der Waals surface area (Å²) in [7, 11) is -8.82. The Hall–Kier alpha value is -1.80. The first kappa shape index (κ1) is 28.8. The van der Waals surface area contributed by atoms with Crippen molar-refractivity contribution in [3.63, 3.8) is 0 Å². The van der Waals surface area contributed by atoms with E-state index >= 15 is 0 Å². The summed E-state index contributed by atoms with van der Waals surface area (Å²) in [6.07, 6.45) is 0. The summed E-state index contributed by atoms with van der Waals surface area (Å²) in [5.74, 6) is -0.905. The molecule has 0 saturated carbocycles. The Morgan fingerprint density at radius 2 is 1.56 bits per heavy atom. The zero-order chi connectivity index (χ0) is 25.2. The molecule has 0 atom stereocenters. The van der Waals surface area contributed by atoms with Crippen molar-refractivity contribution in [1.82, 2.24) is 9.71 Å². The molecule has 9 nitrogen and oxygen atoms in total. The standard InChI is InChI=1S/C22H18Cl2N4O5S2.Na/c23-16-13-20(35(32,33)25-10-11-34(29,30)31)17(24)12-19(16)27-28-22-15-8-4-5-9-18(15)26-21(22)14-6-2-1-3-7-14;/h1-9,12-13,25-26H,10-11H2,(H,29,30,31);/q;+1/p-1. The Bertz CT molecular complexity index is 1640. The molecule has 0 radical (unpaired) electrons. The van der Waals surface area contributed by atoms with Gasteiger partial charge in [0.15, 0.2) is 0 Å². The maximum atomic E-state index is 12.5. The SMILES string of the molecule is O=S(=O)([O-])CCNS(=O)(=O)c1cc(Cl)c(N=Nc2c(-c3ccccc3)[nH]c3ccccc23)cc1Cl.[Na+]. The summed E-state index contributed by atoms with van der Waals surface area (Å²) in [5.41, 5.74) is 3.19. The van der Waals surface area contributed by atoms with E-state index in [9.17, 15) is 21.4 Å². The van der Waals surface area contributed by atoms with Crippen molar-refractivity contribution >= 4 is 65.6 Å². The Morgan fingerprint density at radius 3 is 2.25 bits per heavy atom. The summed E-state index contributed by atoms with van der Waals surface area (Å²) < 4.78 is 59.1. The van der Waals surface area contributed by atoms with Crippen molar-refractivity contribution in [1.29, 1.82) is 0 Å². The van der Waals surface area contributed by atoms with E-state index in [1.54, 1.807) is 0 Å². The molecule has 2 N–H and O–H groups in total. The number of rotatable bonds is 8. The molecule has 0 spiro atoms. The first-order valence-electron chi connectivity index (χ1n) is 10.1. The predicted octanol–water partition coefficient (Wildman–Crippen LogP) is 2.38. The van der Waals surface area contributed by atoms with Gasteiger partial charge in [-0.25, -0.2) is 21.6 Å². The molecule has 0 fully saturated rings. The molecule has 4 rings (SSSR count). The van der Waals surface area contributed by atoms with Crippen molar-refractivity contribution in [2.24, 2.45) is 10.2 Å². The Balaban J connectivity index is 0.00000361. The minimum absolute atomic E-state index is 0. The number of hydrogen-bond donors (Lipinski definition) is 2.